The second-order valence-electron chi connectivity index (χ2n) is 5.64. The third kappa shape index (κ3) is 4.69. The molecule has 1 amide bonds. The van der Waals surface area contributed by atoms with Gasteiger partial charge in [0.25, 0.3) is 0 Å². The number of alkyl halides is 1. The summed E-state index contributed by atoms with van der Waals surface area (Å²) in [6.07, 6.45) is 0.800. The van der Waals surface area contributed by atoms with Crippen LogP contribution < -0.4 is 5.32 Å². The first-order chi connectivity index (χ1) is 8.34. The lowest BCUT2D eigenvalue weighted by molar-refractivity contribution is -0.120. The van der Waals surface area contributed by atoms with E-state index in [4.69, 9.17) is 11.6 Å². The largest absolute Gasteiger partial charge is 0.350 e. The summed E-state index contributed by atoms with van der Waals surface area (Å²) in [7, 11) is 0. The molecule has 0 fully saturated rings. The monoisotopic (exact) mass is 267 g/mol. The highest BCUT2D eigenvalue weighted by Gasteiger charge is 2.20. The zero-order valence-electron chi connectivity index (χ0n) is 11.6. The number of rotatable bonds is 5. The summed E-state index contributed by atoms with van der Waals surface area (Å²) < 4.78 is 0. The maximum atomic E-state index is 11.3. The Hall–Kier alpha value is -1.02. The van der Waals surface area contributed by atoms with Crippen LogP contribution in [0.25, 0.3) is 0 Å². The van der Waals surface area contributed by atoms with Crippen molar-refractivity contribution in [1.82, 2.24) is 5.32 Å². The van der Waals surface area contributed by atoms with Crippen LogP contribution in [0.1, 0.15) is 44.7 Å². The molecule has 2 nitrogen and oxygen atoms in total. The molecule has 3 heteroatoms. The van der Waals surface area contributed by atoms with E-state index in [1.54, 1.807) is 0 Å². The number of carbonyl (C=O) groups excluding carboxylic acids is 1. The molecule has 1 aromatic carbocycles. The number of benzene rings is 1. The molecular formula is C15H22ClNO. The van der Waals surface area contributed by atoms with Gasteiger partial charge in [0.15, 0.2) is 0 Å². The van der Waals surface area contributed by atoms with Gasteiger partial charge in [-0.05, 0) is 37.3 Å². The first-order valence-corrected chi connectivity index (χ1v) is 6.83. The molecule has 18 heavy (non-hydrogen) atoms. The van der Waals surface area contributed by atoms with Crippen molar-refractivity contribution < 1.29 is 4.79 Å². The maximum absolute atomic E-state index is 11.3. The quantitative estimate of drug-likeness (QED) is 0.813. The third-order valence-corrected chi connectivity index (χ3v) is 3.13. The van der Waals surface area contributed by atoms with E-state index in [0.717, 1.165) is 6.42 Å². The van der Waals surface area contributed by atoms with Gasteiger partial charge in [0.05, 0.1) is 0 Å². The highest BCUT2D eigenvalue weighted by Crippen LogP contribution is 2.18. The fourth-order valence-electron chi connectivity index (χ4n) is 1.99. The predicted molar refractivity (Wildman–Crippen MR) is 77.2 cm³/mol. The molecule has 100 valence electrons. The van der Waals surface area contributed by atoms with E-state index >= 15 is 0 Å². The molecule has 0 atom stereocenters. The molecule has 0 saturated carbocycles. The van der Waals surface area contributed by atoms with Crippen molar-refractivity contribution in [2.75, 3.05) is 5.88 Å². The third-order valence-electron chi connectivity index (χ3n) is 2.89. The summed E-state index contributed by atoms with van der Waals surface area (Å²) in [6, 6.07) is 8.56. The minimum Gasteiger partial charge on any atom is -0.350 e. The van der Waals surface area contributed by atoms with Crippen LogP contribution >= 0.6 is 11.6 Å². The van der Waals surface area contributed by atoms with E-state index in [0.29, 0.717) is 5.92 Å². The summed E-state index contributed by atoms with van der Waals surface area (Å²) in [6.45, 7) is 8.38. The van der Waals surface area contributed by atoms with Crippen molar-refractivity contribution in [2.45, 2.75) is 45.6 Å². The normalized spacial score (nSPS) is 11.7. The van der Waals surface area contributed by atoms with Crippen LogP contribution in [-0.2, 0) is 11.2 Å². The van der Waals surface area contributed by atoms with Crippen molar-refractivity contribution in [3.8, 4) is 0 Å². The van der Waals surface area contributed by atoms with Crippen molar-refractivity contribution in [3.05, 3.63) is 35.4 Å². The summed E-state index contributed by atoms with van der Waals surface area (Å²) in [5.74, 6) is 0.430. The van der Waals surface area contributed by atoms with Crippen LogP contribution in [0.3, 0.4) is 0 Å². The minimum absolute atomic E-state index is 0.00964. The topological polar surface area (TPSA) is 29.1 Å². The summed E-state index contributed by atoms with van der Waals surface area (Å²) in [5.41, 5.74) is 2.28. The fraction of sp³-hybridized carbons (Fsp3) is 0.533. The minimum atomic E-state index is -0.272. The Balaban J connectivity index is 2.69. The fourth-order valence-corrected chi connectivity index (χ4v) is 2.05. The molecule has 0 aliphatic rings. The van der Waals surface area contributed by atoms with E-state index in [1.165, 1.54) is 11.1 Å². The SMILES string of the molecule is CC(C)c1ccc(CC(C)(C)NC(=O)CCl)cc1. The van der Waals surface area contributed by atoms with Gasteiger partial charge < -0.3 is 5.32 Å². The number of hydrogen-bond donors (Lipinski definition) is 1. The van der Waals surface area contributed by atoms with Crippen LogP contribution in [0.5, 0.6) is 0 Å². The number of nitrogens with one attached hydrogen (secondary N) is 1. The Kier molecular flexibility index (Phi) is 5.21. The van der Waals surface area contributed by atoms with Crippen LogP contribution in [-0.4, -0.2) is 17.3 Å². The van der Waals surface area contributed by atoms with Crippen molar-refractivity contribution in [1.29, 1.82) is 0 Å². The zero-order valence-corrected chi connectivity index (χ0v) is 12.3. The molecule has 0 heterocycles. The van der Waals surface area contributed by atoms with Gasteiger partial charge in [0.1, 0.15) is 5.88 Å². The molecular weight excluding hydrogens is 246 g/mol. The molecule has 1 rings (SSSR count). The van der Waals surface area contributed by atoms with E-state index in [9.17, 15) is 4.79 Å². The van der Waals surface area contributed by atoms with Crippen molar-refractivity contribution >= 4 is 17.5 Å². The first-order valence-electron chi connectivity index (χ1n) is 6.30. The molecule has 0 aromatic heterocycles. The summed E-state index contributed by atoms with van der Waals surface area (Å²) >= 11 is 5.50. The van der Waals surface area contributed by atoms with Crippen molar-refractivity contribution in [3.63, 3.8) is 0 Å². The van der Waals surface area contributed by atoms with Gasteiger partial charge in [-0.1, -0.05) is 38.1 Å². The Labute approximate surface area is 115 Å². The summed E-state index contributed by atoms with van der Waals surface area (Å²) in [5, 5.41) is 2.92. The molecule has 0 unspecified atom stereocenters. The molecule has 0 aliphatic carbocycles. The van der Waals surface area contributed by atoms with E-state index in [1.807, 2.05) is 13.8 Å². The molecule has 1 aromatic rings. The van der Waals surface area contributed by atoms with Gasteiger partial charge in [-0.25, -0.2) is 0 Å². The molecule has 1 N–H and O–H groups in total. The average Bonchev–Trinajstić information content (AvgIpc) is 2.28. The van der Waals surface area contributed by atoms with Gasteiger partial charge in [-0.2, -0.15) is 0 Å². The average molecular weight is 268 g/mol. The van der Waals surface area contributed by atoms with Gasteiger partial charge in [0.2, 0.25) is 5.91 Å². The Morgan fingerprint density at radius 1 is 1.28 bits per heavy atom. The zero-order chi connectivity index (χ0) is 13.8. The standard InChI is InChI=1S/C15H22ClNO/c1-11(2)13-7-5-12(6-8-13)9-15(3,4)17-14(18)10-16/h5-8,11H,9-10H2,1-4H3,(H,17,18). The number of carbonyl (C=O) groups is 1. The summed E-state index contributed by atoms with van der Waals surface area (Å²) in [4.78, 5) is 11.3. The van der Waals surface area contributed by atoms with E-state index in [2.05, 4.69) is 43.4 Å². The highest BCUT2D eigenvalue weighted by molar-refractivity contribution is 6.27. The van der Waals surface area contributed by atoms with Gasteiger partial charge >= 0.3 is 0 Å². The lowest BCUT2D eigenvalue weighted by Crippen LogP contribution is -2.45. The molecule has 0 saturated heterocycles. The molecule has 0 bridgehead atoms. The lowest BCUT2D eigenvalue weighted by Gasteiger charge is -2.26. The molecule has 0 radical (unpaired) electrons. The van der Waals surface area contributed by atoms with Crippen LogP contribution in [0.2, 0.25) is 0 Å². The van der Waals surface area contributed by atoms with Gasteiger partial charge in [-0.3, -0.25) is 4.79 Å². The number of amides is 1. The smallest absolute Gasteiger partial charge is 0.235 e. The highest BCUT2D eigenvalue weighted by atomic mass is 35.5. The van der Waals surface area contributed by atoms with Crippen LogP contribution in [0.15, 0.2) is 24.3 Å². The molecule has 0 spiro atoms. The van der Waals surface area contributed by atoms with E-state index < -0.39 is 0 Å². The Morgan fingerprint density at radius 2 is 1.83 bits per heavy atom. The predicted octanol–water partition coefficient (Wildman–Crippen LogP) is 3.49. The maximum Gasteiger partial charge on any atom is 0.235 e. The van der Waals surface area contributed by atoms with Gasteiger partial charge in [0, 0.05) is 5.54 Å². The second kappa shape index (κ2) is 6.24. The first kappa shape index (κ1) is 15.0. The number of hydrogen-bond acceptors (Lipinski definition) is 1. The van der Waals surface area contributed by atoms with Crippen molar-refractivity contribution in [2.24, 2.45) is 0 Å². The Morgan fingerprint density at radius 3 is 2.28 bits per heavy atom. The van der Waals surface area contributed by atoms with Crippen LogP contribution in [0.4, 0.5) is 0 Å². The lowest BCUT2D eigenvalue weighted by atomic mass is 9.93. The van der Waals surface area contributed by atoms with Crippen LogP contribution in [0, 0.1) is 0 Å². The van der Waals surface area contributed by atoms with E-state index in [-0.39, 0.29) is 17.3 Å². The Bertz CT molecular complexity index is 395. The molecule has 0 aliphatic heterocycles. The van der Waals surface area contributed by atoms with Gasteiger partial charge in [-0.15, -0.1) is 11.6 Å². The second-order valence-corrected chi connectivity index (χ2v) is 5.91. The number of halogens is 1.